The highest BCUT2D eigenvalue weighted by molar-refractivity contribution is 4.74. The molecule has 0 aromatic heterocycles. The summed E-state index contributed by atoms with van der Waals surface area (Å²) in [6.45, 7) is 8.77. The fourth-order valence-corrected chi connectivity index (χ4v) is 0.866. The molecule has 0 spiro atoms. The fourth-order valence-electron chi connectivity index (χ4n) is 0.866. The van der Waals surface area contributed by atoms with Gasteiger partial charge in [0, 0.05) is 6.61 Å². The Balaban J connectivity index is 2.95. The van der Waals surface area contributed by atoms with Crippen LogP contribution in [0.25, 0.3) is 0 Å². The van der Waals surface area contributed by atoms with Crippen molar-refractivity contribution in [2.45, 2.75) is 45.6 Å². The van der Waals surface area contributed by atoms with E-state index in [-0.39, 0.29) is 6.10 Å². The molecule has 0 saturated carbocycles. The van der Waals surface area contributed by atoms with Crippen molar-refractivity contribution < 1.29 is 4.74 Å². The van der Waals surface area contributed by atoms with Crippen LogP contribution in [-0.2, 0) is 4.74 Å². The van der Waals surface area contributed by atoms with E-state index < -0.39 is 0 Å². The average Bonchev–Trinajstić information content (AvgIpc) is 2.04. The molecule has 11 heavy (non-hydrogen) atoms. The minimum atomic E-state index is 0.219. The molecule has 1 unspecified atom stereocenters. The van der Waals surface area contributed by atoms with Crippen LogP contribution in [0.15, 0.2) is 12.7 Å². The van der Waals surface area contributed by atoms with Crippen LogP contribution < -0.4 is 0 Å². The maximum absolute atomic E-state index is 5.42. The quantitative estimate of drug-likeness (QED) is 0.406. The largest absolute Gasteiger partial charge is 0.374 e. The summed E-state index contributed by atoms with van der Waals surface area (Å²) >= 11 is 0. The summed E-state index contributed by atoms with van der Waals surface area (Å²) in [5.74, 6) is 0. The lowest BCUT2D eigenvalue weighted by Crippen LogP contribution is -2.04. The SMILES string of the molecule is C=CC(C)OCCCCCC. The normalized spacial score (nSPS) is 12.9. The zero-order valence-electron chi connectivity index (χ0n) is 7.81. The van der Waals surface area contributed by atoms with Gasteiger partial charge in [-0.2, -0.15) is 0 Å². The number of ether oxygens (including phenoxy) is 1. The van der Waals surface area contributed by atoms with Crippen molar-refractivity contribution in [2.75, 3.05) is 6.61 Å². The van der Waals surface area contributed by atoms with Crippen LogP contribution in [0.2, 0.25) is 0 Å². The van der Waals surface area contributed by atoms with Crippen molar-refractivity contribution in [1.29, 1.82) is 0 Å². The molecule has 1 nitrogen and oxygen atoms in total. The zero-order chi connectivity index (χ0) is 8.53. The monoisotopic (exact) mass is 156 g/mol. The van der Waals surface area contributed by atoms with Crippen LogP contribution in [0.5, 0.6) is 0 Å². The molecule has 0 bridgehead atoms. The standard InChI is InChI=1S/C10H20O/c1-4-6-7-8-9-11-10(3)5-2/h5,10H,2,4,6-9H2,1,3H3. The summed E-state index contributed by atoms with van der Waals surface area (Å²) in [5.41, 5.74) is 0. The van der Waals surface area contributed by atoms with Crippen molar-refractivity contribution in [2.24, 2.45) is 0 Å². The third-order valence-electron chi connectivity index (χ3n) is 1.71. The van der Waals surface area contributed by atoms with Gasteiger partial charge in [0.1, 0.15) is 0 Å². The molecular weight excluding hydrogens is 136 g/mol. The van der Waals surface area contributed by atoms with Crippen molar-refractivity contribution >= 4 is 0 Å². The minimum absolute atomic E-state index is 0.219. The Morgan fingerprint density at radius 1 is 1.36 bits per heavy atom. The van der Waals surface area contributed by atoms with Gasteiger partial charge in [0.25, 0.3) is 0 Å². The highest BCUT2D eigenvalue weighted by atomic mass is 16.5. The second kappa shape index (κ2) is 7.80. The molecule has 0 aromatic carbocycles. The van der Waals surface area contributed by atoms with Gasteiger partial charge in [-0.15, -0.1) is 6.58 Å². The van der Waals surface area contributed by atoms with Crippen LogP contribution in [0, 0.1) is 0 Å². The first kappa shape index (κ1) is 10.7. The van der Waals surface area contributed by atoms with E-state index in [1.54, 1.807) is 0 Å². The Morgan fingerprint density at radius 3 is 2.64 bits per heavy atom. The highest BCUT2D eigenvalue weighted by Crippen LogP contribution is 2.00. The smallest absolute Gasteiger partial charge is 0.0725 e. The first-order valence-electron chi connectivity index (χ1n) is 4.55. The molecule has 0 aliphatic rings. The zero-order valence-corrected chi connectivity index (χ0v) is 7.81. The van der Waals surface area contributed by atoms with E-state index in [0.717, 1.165) is 6.61 Å². The molecule has 0 radical (unpaired) electrons. The third-order valence-corrected chi connectivity index (χ3v) is 1.71. The van der Waals surface area contributed by atoms with Gasteiger partial charge in [-0.25, -0.2) is 0 Å². The predicted molar refractivity (Wildman–Crippen MR) is 49.8 cm³/mol. The van der Waals surface area contributed by atoms with Crippen LogP contribution in [0.4, 0.5) is 0 Å². The number of hydrogen-bond acceptors (Lipinski definition) is 1. The first-order valence-corrected chi connectivity index (χ1v) is 4.55. The molecule has 0 amide bonds. The van der Waals surface area contributed by atoms with E-state index in [4.69, 9.17) is 4.74 Å². The van der Waals surface area contributed by atoms with E-state index >= 15 is 0 Å². The maximum Gasteiger partial charge on any atom is 0.0725 e. The Bertz CT molecular complexity index is 88.9. The Hall–Kier alpha value is -0.300. The molecule has 0 rings (SSSR count). The molecule has 0 fully saturated rings. The molecule has 1 atom stereocenters. The van der Waals surface area contributed by atoms with Gasteiger partial charge in [0.15, 0.2) is 0 Å². The Morgan fingerprint density at radius 2 is 2.09 bits per heavy atom. The lowest BCUT2D eigenvalue weighted by atomic mass is 10.2. The molecule has 66 valence electrons. The molecule has 0 aliphatic heterocycles. The van der Waals surface area contributed by atoms with Crippen molar-refractivity contribution in [3.05, 3.63) is 12.7 Å². The van der Waals surface area contributed by atoms with Crippen molar-refractivity contribution in [3.63, 3.8) is 0 Å². The van der Waals surface area contributed by atoms with Gasteiger partial charge in [-0.05, 0) is 13.3 Å². The summed E-state index contributed by atoms with van der Waals surface area (Å²) in [5, 5.41) is 0. The number of hydrogen-bond donors (Lipinski definition) is 0. The molecule has 0 N–H and O–H groups in total. The molecule has 1 heteroatoms. The molecule has 0 aromatic rings. The lowest BCUT2D eigenvalue weighted by Gasteiger charge is -2.07. The Kier molecular flexibility index (Phi) is 7.59. The summed E-state index contributed by atoms with van der Waals surface area (Å²) < 4.78 is 5.42. The van der Waals surface area contributed by atoms with Gasteiger partial charge in [0.05, 0.1) is 6.10 Å². The third kappa shape index (κ3) is 7.60. The van der Waals surface area contributed by atoms with E-state index in [0.29, 0.717) is 0 Å². The lowest BCUT2D eigenvalue weighted by molar-refractivity contribution is 0.0942. The topological polar surface area (TPSA) is 9.23 Å². The molecule has 0 saturated heterocycles. The van der Waals surface area contributed by atoms with Gasteiger partial charge in [-0.1, -0.05) is 32.3 Å². The maximum atomic E-state index is 5.42. The first-order chi connectivity index (χ1) is 5.31. The summed E-state index contributed by atoms with van der Waals surface area (Å²) in [6.07, 6.45) is 7.14. The molecule has 0 aliphatic carbocycles. The van der Waals surface area contributed by atoms with Gasteiger partial charge < -0.3 is 4.74 Å². The van der Waals surface area contributed by atoms with Crippen LogP contribution in [0.3, 0.4) is 0 Å². The molecular formula is C10H20O. The Labute approximate surface area is 70.4 Å². The van der Waals surface area contributed by atoms with Crippen LogP contribution in [-0.4, -0.2) is 12.7 Å². The van der Waals surface area contributed by atoms with Gasteiger partial charge in [0.2, 0.25) is 0 Å². The fraction of sp³-hybridized carbons (Fsp3) is 0.800. The second-order valence-electron chi connectivity index (χ2n) is 2.87. The highest BCUT2D eigenvalue weighted by Gasteiger charge is 1.93. The number of rotatable bonds is 7. The summed E-state index contributed by atoms with van der Waals surface area (Å²) in [4.78, 5) is 0. The van der Waals surface area contributed by atoms with E-state index in [2.05, 4.69) is 13.5 Å². The van der Waals surface area contributed by atoms with Crippen molar-refractivity contribution in [1.82, 2.24) is 0 Å². The summed E-state index contributed by atoms with van der Waals surface area (Å²) in [7, 11) is 0. The van der Waals surface area contributed by atoms with E-state index in [1.807, 2.05) is 13.0 Å². The van der Waals surface area contributed by atoms with Crippen LogP contribution >= 0.6 is 0 Å². The van der Waals surface area contributed by atoms with Gasteiger partial charge in [-0.3, -0.25) is 0 Å². The van der Waals surface area contributed by atoms with Crippen LogP contribution in [0.1, 0.15) is 39.5 Å². The average molecular weight is 156 g/mol. The molecule has 0 heterocycles. The minimum Gasteiger partial charge on any atom is -0.374 e. The number of unbranched alkanes of at least 4 members (excludes halogenated alkanes) is 3. The predicted octanol–water partition coefficient (Wildman–Crippen LogP) is 3.16. The van der Waals surface area contributed by atoms with Crippen molar-refractivity contribution in [3.8, 4) is 0 Å². The second-order valence-corrected chi connectivity index (χ2v) is 2.87. The van der Waals surface area contributed by atoms with E-state index in [9.17, 15) is 0 Å². The van der Waals surface area contributed by atoms with Gasteiger partial charge >= 0.3 is 0 Å². The van der Waals surface area contributed by atoms with E-state index in [1.165, 1.54) is 25.7 Å². The summed E-state index contributed by atoms with van der Waals surface area (Å²) in [6, 6.07) is 0.